The van der Waals surface area contributed by atoms with E-state index in [2.05, 4.69) is 144 Å². The number of rotatable bonds is 3. The molecular weight excluding hydrogens is 512 g/mol. The molecule has 3 nitrogen and oxygen atoms in total. The Bertz CT molecular complexity index is 2450. The van der Waals surface area contributed by atoms with E-state index in [0.29, 0.717) is 0 Å². The van der Waals surface area contributed by atoms with Crippen LogP contribution in [0.15, 0.2) is 150 Å². The van der Waals surface area contributed by atoms with Crippen LogP contribution in [-0.4, -0.2) is 9.55 Å². The Kier molecular flexibility index (Phi) is 4.90. The van der Waals surface area contributed by atoms with E-state index in [1.807, 2.05) is 6.07 Å². The quantitative estimate of drug-likeness (QED) is 0.225. The second-order valence-electron chi connectivity index (χ2n) is 10.7. The van der Waals surface area contributed by atoms with Gasteiger partial charge in [-0.15, -0.1) is 0 Å². The summed E-state index contributed by atoms with van der Waals surface area (Å²) in [4.78, 5) is 5.03. The molecule has 0 N–H and O–H groups in total. The zero-order chi connectivity index (χ0) is 27.6. The van der Waals surface area contributed by atoms with Gasteiger partial charge in [-0.1, -0.05) is 103 Å². The molecule has 9 rings (SSSR count). The summed E-state index contributed by atoms with van der Waals surface area (Å²) in [5.41, 5.74) is 10.4. The van der Waals surface area contributed by atoms with Crippen molar-refractivity contribution in [3.8, 4) is 28.1 Å². The van der Waals surface area contributed by atoms with Gasteiger partial charge in [0.05, 0.1) is 27.6 Å². The predicted octanol–water partition coefficient (Wildman–Crippen LogP) is 10.6. The fourth-order valence-electron chi connectivity index (χ4n) is 6.53. The van der Waals surface area contributed by atoms with Gasteiger partial charge in [0, 0.05) is 38.4 Å². The number of para-hydroxylation sites is 4. The Morgan fingerprint density at radius 1 is 0.476 bits per heavy atom. The average molecular weight is 537 g/mol. The molecule has 42 heavy (non-hydrogen) atoms. The first-order valence-electron chi connectivity index (χ1n) is 14.2. The van der Waals surface area contributed by atoms with E-state index < -0.39 is 0 Å². The molecule has 0 atom stereocenters. The van der Waals surface area contributed by atoms with Gasteiger partial charge >= 0.3 is 0 Å². The molecule has 0 aliphatic heterocycles. The second kappa shape index (κ2) is 8.92. The molecule has 0 radical (unpaired) electrons. The molecule has 0 fully saturated rings. The van der Waals surface area contributed by atoms with E-state index in [-0.39, 0.29) is 0 Å². The van der Waals surface area contributed by atoms with Crippen LogP contribution in [0.2, 0.25) is 0 Å². The molecule has 0 amide bonds. The highest BCUT2D eigenvalue weighted by Crippen LogP contribution is 2.44. The topological polar surface area (TPSA) is 31.0 Å². The Morgan fingerprint density at radius 3 is 2.02 bits per heavy atom. The van der Waals surface area contributed by atoms with Gasteiger partial charge < -0.3 is 8.98 Å². The molecule has 196 valence electrons. The lowest BCUT2D eigenvalue weighted by Crippen LogP contribution is -1.92. The first-order chi connectivity index (χ1) is 20.8. The van der Waals surface area contributed by atoms with E-state index >= 15 is 0 Å². The molecule has 9 aromatic rings. The van der Waals surface area contributed by atoms with Gasteiger partial charge in [-0.3, -0.25) is 0 Å². The van der Waals surface area contributed by atoms with Crippen LogP contribution in [0.4, 0.5) is 0 Å². The lowest BCUT2D eigenvalue weighted by atomic mass is 9.96. The summed E-state index contributed by atoms with van der Waals surface area (Å²) >= 11 is 0. The number of benzene rings is 6. The molecule has 6 aromatic carbocycles. The number of furan rings is 1. The van der Waals surface area contributed by atoms with Gasteiger partial charge in [-0.25, -0.2) is 4.98 Å². The largest absolute Gasteiger partial charge is 0.455 e. The molecule has 0 aliphatic rings. The predicted molar refractivity (Wildman–Crippen MR) is 174 cm³/mol. The summed E-state index contributed by atoms with van der Waals surface area (Å²) in [5.74, 6) is 0. The molecule has 3 heterocycles. The fourth-order valence-corrected chi connectivity index (χ4v) is 6.53. The third-order valence-electron chi connectivity index (χ3n) is 8.39. The summed E-state index contributed by atoms with van der Waals surface area (Å²) in [6.07, 6.45) is 0. The Balaban J connectivity index is 1.38. The van der Waals surface area contributed by atoms with Gasteiger partial charge in [0.1, 0.15) is 11.2 Å². The van der Waals surface area contributed by atoms with Crippen molar-refractivity contribution < 1.29 is 4.42 Å². The molecule has 0 unspecified atom stereocenters. The summed E-state index contributed by atoms with van der Waals surface area (Å²) < 4.78 is 9.30. The molecule has 0 saturated heterocycles. The van der Waals surface area contributed by atoms with Crippen molar-refractivity contribution in [1.82, 2.24) is 9.55 Å². The SMILES string of the molecule is c1ccc(-c2cc(-c3cccc4c3oc3c4ccc4c3c3ccccc3n4-c3ccccc3)c3ccccc3n2)cc1. The Hall–Kier alpha value is -5.67. The minimum Gasteiger partial charge on any atom is -0.455 e. The molecule has 3 aromatic heterocycles. The van der Waals surface area contributed by atoms with Crippen LogP contribution in [0.3, 0.4) is 0 Å². The van der Waals surface area contributed by atoms with Gasteiger partial charge in [-0.05, 0) is 48.0 Å². The lowest BCUT2D eigenvalue weighted by molar-refractivity contribution is 0.674. The van der Waals surface area contributed by atoms with Crippen molar-refractivity contribution in [3.63, 3.8) is 0 Å². The van der Waals surface area contributed by atoms with Crippen molar-refractivity contribution in [3.05, 3.63) is 146 Å². The summed E-state index contributed by atoms with van der Waals surface area (Å²) in [7, 11) is 0. The first kappa shape index (κ1) is 23.1. The lowest BCUT2D eigenvalue weighted by Gasteiger charge is -2.11. The van der Waals surface area contributed by atoms with Crippen LogP contribution < -0.4 is 0 Å². The van der Waals surface area contributed by atoms with E-state index in [9.17, 15) is 0 Å². The maximum absolute atomic E-state index is 6.97. The fraction of sp³-hybridized carbons (Fsp3) is 0. The van der Waals surface area contributed by atoms with Crippen molar-refractivity contribution in [1.29, 1.82) is 0 Å². The number of hydrogen-bond acceptors (Lipinski definition) is 2. The minimum absolute atomic E-state index is 0.895. The van der Waals surface area contributed by atoms with Crippen LogP contribution in [0.25, 0.3) is 82.7 Å². The molecular formula is C39H24N2O. The van der Waals surface area contributed by atoms with Crippen LogP contribution in [0.1, 0.15) is 0 Å². The van der Waals surface area contributed by atoms with Gasteiger partial charge in [0.25, 0.3) is 0 Å². The first-order valence-corrected chi connectivity index (χ1v) is 14.2. The minimum atomic E-state index is 0.895. The van der Waals surface area contributed by atoms with E-state index in [1.165, 1.54) is 10.9 Å². The number of pyridine rings is 1. The van der Waals surface area contributed by atoms with Crippen molar-refractivity contribution in [2.75, 3.05) is 0 Å². The zero-order valence-corrected chi connectivity index (χ0v) is 22.7. The summed E-state index contributed by atoms with van der Waals surface area (Å²) in [5, 5.41) is 5.66. The second-order valence-corrected chi connectivity index (χ2v) is 10.7. The van der Waals surface area contributed by atoms with Gasteiger partial charge in [-0.2, -0.15) is 0 Å². The maximum Gasteiger partial charge on any atom is 0.145 e. The molecule has 0 bridgehead atoms. The van der Waals surface area contributed by atoms with Crippen molar-refractivity contribution in [2.45, 2.75) is 0 Å². The van der Waals surface area contributed by atoms with E-state index in [0.717, 1.165) is 71.8 Å². The normalized spacial score (nSPS) is 11.8. The van der Waals surface area contributed by atoms with Crippen molar-refractivity contribution >= 4 is 54.6 Å². The van der Waals surface area contributed by atoms with Crippen LogP contribution >= 0.6 is 0 Å². The molecule has 3 heteroatoms. The Morgan fingerprint density at radius 2 is 1.17 bits per heavy atom. The number of hydrogen-bond donors (Lipinski definition) is 0. The van der Waals surface area contributed by atoms with Crippen LogP contribution in [0, 0.1) is 0 Å². The monoisotopic (exact) mass is 536 g/mol. The molecule has 0 aliphatic carbocycles. The molecule has 0 spiro atoms. The summed E-state index contributed by atoms with van der Waals surface area (Å²) in [6, 6.07) is 51.1. The van der Waals surface area contributed by atoms with Crippen LogP contribution in [-0.2, 0) is 0 Å². The number of aromatic nitrogens is 2. The highest BCUT2D eigenvalue weighted by Gasteiger charge is 2.21. The molecule has 0 saturated carbocycles. The Labute approximate surface area is 241 Å². The zero-order valence-electron chi connectivity index (χ0n) is 22.7. The smallest absolute Gasteiger partial charge is 0.145 e. The van der Waals surface area contributed by atoms with Gasteiger partial charge in [0.2, 0.25) is 0 Å². The third-order valence-corrected chi connectivity index (χ3v) is 8.39. The van der Waals surface area contributed by atoms with E-state index in [1.54, 1.807) is 0 Å². The van der Waals surface area contributed by atoms with E-state index in [4.69, 9.17) is 9.40 Å². The standard InChI is InChI=1S/C39H24N2O/c1-3-12-25(13-4-1)34-24-32(27-16-7-9-20-33(27)40-34)29-19-11-18-28-30-22-23-36-37(39(30)42-38(28)29)31-17-8-10-21-35(31)41(36)26-14-5-2-6-15-26/h1-24H. The summed E-state index contributed by atoms with van der Waals surface area (Å²) in [6.45, 7) is 0. The highest BCUT2D eigenvalue weighted by molar-refractivity contribution is 6.25. The van der Waals surface area contributed by atoms with Crippen LogP contribution in [0.5, 0.6) is 0 Å². The highest BCUT2D eigenvalue weighted by atomic mass is 16.3. The van der Waals surface area contributed by atoms with Gasteiger partial charge in [0.15, 0.2) is 0 Å². The number of nitrogens with zero attached hydrogens (tertiary/aromatic N) is 2. The maximum atomic E-state index is 6.97. The third kappa shape index (κ3) is 3.31. The average Bonchev–Trinajstić information content (AvgIpc) is 3.61. The van der Waals surface area contributed by atoms with Crippen molar-refractivity contribution in [2.24, 2.45) is 0 Å². The number of fused-ring (bicyclic) bond motifs is 8.